The second-order valence-electron chi connectivity index (χ2n) is 8.77. The van der Waals surface area contributed by atoms with E-state index in [0.29, 0.717) is 47.8 Å². The molecule has 0 spiro atoms. The first-order valence-corrected chi connectivity index (χ1v) is 11.9. The van der Waals surface area contributed by atoms with E-state index in [2.05, 4.69) is 10.4 Å². The minimum atomic E-state index is -0.875. The Bertz CT molecular complexity index is 1380. The van der Waals surface area contributed by atoms with Gasteiger partial charge >= 0.3 is 5.97 Å². The number of amides is 1. The zero-order valence-electron chi connectivity index (χ0n) is 18.9. The summed E-state index contributed by atoms with van der Waals surface area (Å²) in [5.41, 5.74) is 3.38. The van der Waals surface area contributed by atoms with Crippen LogP contribution in [0.3, 0.4) is 0 Å². The fourth-order valence-electron chi connectivity index (χ4n) is 4.34. The molecule has 0 unspecified atom stereocenters. The van der Waals surface area contributed by atoms with Crippen LogP contribution in [-0.2, 0) is 21.4 Å². The van der Waals surface area contributed by atoms with Gasteiger partial charge in [0.2, 0.25) is 5.91 Å². The summed E-state index contributed by atoms with van der Waals surface area (Å²) in [5, 5.41) is 17.5. The number of aryl methyl sites for hydroxylation is 1. The Morgan fingerprint density at radius 1 is 1.00 bits per heavy atom. The first kappa shape index (κ1) is 22.9. The Hall–Kier alpha value is -3.90. The summed E-state index contributed by atoms with van der Waals surface area (Å²) in [5.74, 6) is -0.651. The molecule has 3 aromatic carbocycles. The molecule has 4 aromatic rings. The first-order valence-electron chi connectivity index (χ1n) is 11.5. The Labute approximate surface area is 208 Å². The molecule has 1 amide bonds. The van der Waals surface area contributed by atoms with E-state index >= 15 is 0 Å². The molecule has 7 heteroatoms. The van der Waals surface area contributed by atoms with Crippen molar-refractivity contribution in [1.29, 1.82) is 0 Å². The van der Waals surface area contributed by atoms with E-state index in [9.17, 15) is 14.7 Å². The Morgan fingerprint density at radius 2 is 1.69 bits per heavy atom. The zero-order chi connectivity index (χ0) is 24.4. The van der Waals surface area contributed by atoms with Crippen LogP contribution in [0.4, 0.5) is 5.82 Å². The molecule has 0 radical (unpaired) electrons. The number of rotatable bonds is 8. The maximum Gasteiger partial charge on any atom is 0.314 e. The number of carboxylic acid groups (broad SMARTS) is 1. The number of aliphatic carboxylic acids is 1. The van der Waals surface area contributed by atoms with Crippen LogP contribution in [0.15, 0.2) is 85.1 Å². The largest absolute Gasteiger partial charge is 0.481 e. The van der Waals surface area contributed by atoms with Crippen LogP contribution in [0.25, 0.3) is 16.8 Å². The maximum atomic E-state index is 12.8. The second kappa shape index (κ2) is 9.39. The molecule has 1 aliphatic rings. The zero-order valence-corrected chi connectivity index (χ0v) is 19.7. The fraction of sp³-hybridized carbons (Fsp3) is 0.179. The average Bonchev–Trinajstić information content (AvgIpc) is 3.63. The van der Waals surface area contributed by atoms with E-state index in [4.69, 9.17) is 11.6 Å². The number of anilines is 1. The Balaban J connectivity index is 1.51. The van der Waals surface area contributed by atoms with Gasteiger partial charge < -0.3 is 10.4 Å². The van der Waals surface area contributed by atoms with Gasteiger partial charge in [0, 0.05) is 12.0 Å². The SMILES string of the molecule is O=C(CCc1ccccc1)Nc1c(Cl)cnn1-c1cc(C2(C(=O)O)CC2)ccc1-c1ccccc1. The predicted octanol–water partition coefficient (Wildman–Crippen LogP) is 5.88. The number of carboxylic acids is 1. The lowest BCUT2D eigenvalue weighted by molar-refractivity contribution is -0.140. The van der Waals surface area contributed by atoms with Crippen LogP contribution in [0.1, 0.15) is 30.4 Å². The third-order valence-electron chi connectivity index (χ3n) is 6.49. The minimum Gasteiger partial charge on any atom is -0.481 e. The van der Waals surface area contributed by atoms with E-state index in [1.807, 2.05) is 78.9 Å². The summed E-state index contributed by atoms with van der Waals surface area (Å²) in [6.45, 7) is 0. The number of benzene rings is 3. The number of carbonyl (C=O) groups is 2. The van der Waals surface area contributed by atoms with Crippen molar-refractivity contribution in [3.05, 3.63) is 101 Å². The van der Waals surface area contributed by atoms with Crippen molar-refractivity contribution in [3.63, 3.8) is 0 Å². The molecule has 1 fully saturated rings. The van der Waals surface area contributed by atoms with Gasteiger partial charge in [0.1, 0.15) is 5.02 Å². The lowest BCUT2D eigenvalue weighted by atomic mass is 9.92. The molecule has 0 atom stereocenters. The van der Waals surface area contributed by atoms with Crippen molar-refractivity contribution >= 4 is 29.3 Å². The molecular formula is C28H24ClN3O3. The van der Waals surface area contributed by atoms with Crippen molar-refractivity contribution < 1.29 is 14.7 Å². The minimum absolute atomic E-state index is 0.181. The van der Waals surface area contributed by atoms with Crippen molar-refractivity contribution in [2.75, 3.05) is 5.32 Å². The van der Waals surface area contributed by atoms with Crippen molar-refractivity contribution in [2.24, 2.45) is 0 Å². The normalized spacial score (nSPS) is 13.9. The van der Waals surface area contributed by atoms with Crippen LogP contribution < -0.4 is 5.32 Å². The maximum absolute atomic E-state index is 12.8. The summed E-state index contributed by atoms with van der Waals surface area (Å²) >= 11 is 6.45. The quantitative estimate of drug-likeness (QED) is 0.326. The summed E-state index contributed by atoms with van der Waals surface area (Å²) in [6, 6.07) is 25.2. The topological polar surface area (TPSA) is 84.2 Å². The van der Waals surface area contributed by atoms with Gasteiger partial charge in [-0.3, -0.25) is 9.59 Å². The van der Waals surface area contributed by atoms with Crippen LogP contribution in [0, 0.1) is 0 Å². The highest BCUT2D eigenvalue weighted by Crippen LogP contribution is 2.49. The Morgan fingerprint density at radius 3 is 2.34 bits per heavy atom. The molecule has 1 aromatic heterocycles. The number of nitrogens with zero attached hydrogens (tertiary/aromatic N) is 2. The molecule has 6 nitrogen and oxygen atoms in total. The van der Waals surface area contributed by atoms with Crippen LogP contribution in [0.2, 0.25) is 5.02 Å². The summed E-state index contributed by atoms with van der Waals surface area (Å²) in [6.07, 6.45) is 3.56. The van der Waals surface area contributed by atoms with E-state index in [1.165, 1.54) is 6.20 Å². The van der Waals surface area contributed by atoms with Gasteiger partial charge in [-0.05, 0) is 42.0 Å². The molecule has 0 saturated heterocycles. The molecular weight excluding hydrogens is 462 g/mol. The van der Waals surface area contributed by atoms with Gasteiger partial charge in [0.15, 0.2) is 5.82 Å². The number of nitrogens with one attached hydrogen (secondary N) is 1. The molecule has 35 heavy (non-hydrogen) atoms. The monoisotopic (exact) mass is 485 g/mol. The lowest BCUT2D eigenvalue weighted by Gasteiger charge is -2.18. The van der Waals surface area contributed by atoms with E-state index in [-0.39, 0.29) is 5.91 Å². The van der Waals surface area contributed by atoms with E-state index < -0.39 is 11.4 Å². The smallest absolute Gasteiger partial charge is 0.314 e. The van der Waals surface area contributed by atoms with Gasteiger partial charge in [0.05, 0.1) is 17.3 Å². The molecule has 176 valence electrons. The summed E-state index contributed by atoms with van der Waals surface area (Å²) in [7, 11) is 0. The van der Waals surface area contributed by atoms with Crippen LogP contribution >= 0.6 is 11.6 Å². The summed E-state index contributed by atoms with van der Waals surface area (Å²) in [4.78, 5) is 24.8. The highest BCUT2D eigenvalue weighted by atomic mass is 35.5. The molecule has 0 aliphatic heterocycles. The first-order chi connectivity index (χ1) is 17.0. The molecule has 1 heterocycles. The van der Waals surface area contributed by atoms with Gasteiger partial charge in [0.25, 0.3) is 0 Å². The predicted molar refractivity (Wildman–Crippen MR) is 136 cm³/mol. The molecule has 2 N–H and O–H groups in total. The number of carbonyl (C=O) groups excluding carboxylic acids is 1. The number of hydrogen-bond acceptors (Lipinski definition) is 3. The van der Waals surface area contributed by atoms with Crippen molar-refractivity contribution in [2.45, 2.75) is 31.1 Å². The van der Waals surface area contributed by atoms with Gasteiger partial charge in [-0.15, -0.1) is 0 Å². The van der Waals surface area contributed by atoms with Crippen LogP contribution in [0.5, 0.6) is 0 Å². The van der Waals surface area contributed by atoms with E-state index in [1.54, 1.807) is 4.68 Å². The van der Waals surface area contributed by atoms with Gasteiger partial charge in [-0.25, -0.2) is 4.68 Å². The second-order valence-corrected chi connectivity index (χ2v) is 9.18. The molecule has 1 saturated carbocycles. The number of aromatic nitrogens is 2. The molecule has 1 aliphatic carbocycles. The lowest BCUT2D eigenvalue weighted by Crippen LogP contribution is -2.20. The summed E-state index contributed by atoms with van der Waals surface area (Å²) < 4.78 is 1.59. The third-order valence-corrected chi connectivity index (χ3v) is 6.77. The molecule has 5 rings (SSSR count). The van der Waals surface area contributed by atoms with Crippen LogP contribution in [-0.4, -0.2) is 26.8 Å². The van der Waals surface area contributed by atoms with Crippen molar-refractivity contribution in [3.8, 4) is 16.8 Å². The highest BCUT2D eigenvalue weighted by molar-refractivity contribution is 6.33. The standard InChI is InChI=1S/C28H24ClN3O3/c29-23-18-30-32(26(23)31-25(33)14-11-19-7-3-1-4-8-19)24-17-21(28(15-16-28)27(34)35)12-13-22(24)20-9-5-2-6-10-20/h1-10,12-13,17-18H,11,14-16H2,(H,31,33)(H,34,35). The average molecular weight is 486 g/mol. The highest BCUT2D eigenvalue weighted by Gasteiger charge is 2.52. The molecule has 0 bridgehead atoms. The number of halogens is 1. The van der Waals surface area contributed by atoms with E-state index in [0.717, 1.165) is 16.7 Å². The number of hydrogen-bond donors (Lipinski definition) is 2. The van der Waals surface area contributed by atoms with Gasteiger partial charge in [-0.1, -0.05) is 84.4 Å². The van der Waals surface area contributed by atoms with Gasteiger partial charge in [-0.2, -0.15) is 5.10 Å². The fourth-order valence-corrected chi connectivity index (χ4v) is 4.51. The Kier molecular flexibility index (Phi) is 6.14. The van der Waals surface area contributed by atoms with Crippen molar-refractivity contribution in [1.82, 2.24) is 9.78 Å². The third kappa shape index (κ3) is 4.57.